The number of amides is 1. The zero-order chi connectivity index (χ0) is 18.4. The molecule has 0 aliphatic heterocycles. The van der Waals surface area contributed by atoms with Gasteiger partial charge in [0, 0.05) is 24.7 Å². The standard InChI is InChI=1S/C18H30N4O3/c1-13-15(17(24-4)20-18(19-13)25-5)12-16(23)22(11-10-21(2)3)14-8-6-7-9-14/h14H,6-12H2,1-5H3. The van der Waals surface area contributed by atoms with Crippen molar-refractivity contribution in [2.75, 3.05) is 41.4 Å². The molecule has 0 N–H and O–H groups in total. The minimum absolute atomic E-state index is 0.115. The largest absolute Gasteiger partial charge is 0.481 e. The lowest BCUT2D eigenvalue weighted by molar-refractivity contribution is -0.132. The summed E-state index contributed by atoms with van der Waals surface area (Å²) in [4.78, 5) is 25.7. The Labute approximate surface area is 150 Å². The van der Waals surface area contributed by atoms with Gasteiger partial charge in [-0.1, -0.05) is 12.8 Å². The first-order valence-corrected chi connectivity index (χ1v) is 8.86. The second-order valence-corrected chi connectivity index (χ2v) is 6.79. The SMILES string of the molecule is COc1nc(C)c(CC(=O)N(CCN(C)C)C2CCCC2)c(OC)n1. The summed E-state index contributed by atoms with van der Waals surface area (Å²) in [6, 6.07) is 0.601. The van der Waals surface area contributed by atoms with Gasteiger partial charge < -0.3 is 19.3 Å². The van der Waals surface area contributed by atoms with Crippen molar-refractivity contribution in [1.29, 1.82) is 0 Å². The highest BCUT2D eigenvalue weighted by Gasteiger charge is 2.28. The Kier molecular flexibility index (Phi) is 6.99. The lowest BCUT2D eigenvalue weighted by Gasteiger charge is -2.30. The monoisotopic (exact) mass is 350 g/mol. The van der Waals surface area contributed by atoms with Gasteiger partial charge in [0.25, 0.3) is 0 Å². The first kappa shape index (κ1) is 19.4. The van der Waals surface area contributed by atoms with E-state index in [1.807, 2.05) is 25.9 Å². The summed E-state index contributed by atoms with van der Waals surface area (Å²) >= 11 is 0. The van der Waals surface area contributed by atoms with Gasteiger partial charge in [-0.2, -0.15) is 4.98 Å². The van der Waals surface area contributed by atoms with E-state index in [4.69, 9.17) is 9.47 Å². The number of likely N-dealkylation sites (N-methyl/N-ethyl adjacent to an activating group) is 1. The van der Waals surface area contributed by atoms with Crippen LogP contribution in [0.5, 0.6) is 11.9 Å². The number of methoxy groups -OCH3 is 2. The first-order valence-electron chi connectivity index (χ1n) is 8.86. The molecular weight excluding hydrogens is 320 g/mol. The van der Waals surface area contributed by atoms with Gasteiger partial charge >= 0.3 is 6.01 Å². The average Bonchev–Trinajstić information content (AvgIpc) is 3.10. The van der Waals surface area contributed by atoms with Crippen LogP contribution in [0, 0.1) is 6.92 Å². The molecule has 1 heterocycles. The maximum absolute atomic E-state index is 13.1. The second-order valence-electron chi connectivity index (χ2n) is 6.79. The summed E-state index contributed by atoms with van der Waals surface area (Å²) in [5.74, 6) is 0.528. The molecule has 0 atom stereocenters. The number of carbonyl (C=O) groups excluding carboxylic acids is 1. The zero-order valence-corrected chi connectivity index (χ0v) is 16.0. The molecule has 1 saturated carbocycles. The quantitative estimate of drug-likeness (QED) is 0.711. The van der Waals surface area contributed by atoms with E-state index < -0.39 is 0 Å². The van der Waals surface area contributed by atoms with Crippen LogP contribution >= 0.6 is 0 Å². The maximum Gasteiger partial charge on any atom is 0.319 e. The summed E-state index contributed by atoms with van der Waals surface area (Å²) in [7, 11) is 7.13. The van der Waals surface area contributed by atoms with Gasteiger partial charge in [-0.25, -0.2) is 4.98 Å². The molecule has 0 bridgehead atoms. The molecule has 7 heteroatoms. The number of hydrogen-bond donors (Lipinski definition) is 0. The van der Waals surface area contributed by atoms with Gasteiger partial charge in [-0.05, 0) is 33.9 Å². The van der Waals surface area contributed by atoms with Gasteiger partial charge in [0.15, 0.2) is 0 Å². The Bertz CT molecular complexity index is 586. The fourth-order valence-electron chi connectivity index (χ4n) is 3.30. The number of ether oxygens (including phenoxy) is 2. The second kappa shape index (κ2) is 8.99. The first-order chi connectivity index (χ1) is 12.0. The smallest absolute Gasteiger partial charge is 0.319 e. The van der Waals surface area contributed by atoms with Crippen molar-refractivity contribution in [3.63, 3.8) is 0 Å². The van der Waals surface area contributed by atoms with Crippen LogP contribution in [0.1, 0.15) is 36.9 Å². The number of nitrogens with zero attached hydrogens (tertiary/aromatic N) is 4. The molecule has 1 aliphatic rings. The number of rotatable bonds is 8. The van der Waals surface area contributed by atoms with Crippen LogP contribution in [0.3, 0.4) is 0 Å². The van der Waals surface area contributed by atoms with E-state index in [1.54, 1.807) is 7.11 Å². The van der Waals surface area contributed by atoms with Gasteiger partial charge in [-0.15, -0.1) is 0 Å². The van der Waals surface area contributed by atoms with Crippen molar-refractivity contribution in [3.8, 4) is 11.9 Å². The van der Waals surface area contributed by atoms with E-state index in [-0.39, 0.29) is 18.3 Å². The maximum atomic E-state index is 13.1. The molecule has 0 unspecified atom stereocenters. The van der Waals surface area contributed by atoms with Crippen LogP contribution in [0.4, 0.5) is 0 Å². The minimum atomic E-state index is 0.115. The molecule has 1 aliphatic carbocycles. The molecule has 1 aromatic heterocycles. The summed E-state index contributed by atoms with van der Waals surface area (Å²) in [5, 5.41) is 0. The Morgan fingerprint density at radius 3 is 2.36 bits per heavy atom. The van der Waals surface area contributed by atoms with Crippen LogP contribution in [-0.4, -0.2) is 73.1 Å². The normalized spacial score (nSPS) is 14.8. The van der Waals surface area contributed by atoms with E-state index in [0.29, 0.717) is 11.9 Å². The molecule has 0 radical (unpaired) electrons. The van der Waals surface area contributed by atoms with Crippen molar-refractivity contribution in [1.82, 2.24) is 19.8 Å². The van der Waals surface area contributed by atoms with Crippen LogP contribution in [-0.2, 0) is 11.2 Å². The van der Waals surface area contributed by atoms with E-state index in [2.05, 4.69) is 14.9 Å². The number of aryl methyl sites for hydroxylation is 1. The van der Waals surface area contributed by atoms with Crippen LogP contribution in [0.15, 0.2) is 0 Å². The fourth-order valence-corrected chi connectivity index (χ4v) is 3.30. The lowest BCUT2D eigenvalue weighted by Crippen LogP contribution is -2.43. The molecular formula is C18H30N4O3. The minimum Gasteiger partial charge on any atom is -0.481 e. The van der Waals surface area contributed by atoms with Crippen molar-refractivity contribution >= 4 is 5.91 Å². The van der Waals surface area contributed by atoms with Crippen molar-refractivity contribution in [2.45, 2.75) is 45.1 Å². The Morgan fingerprint density at radius 1 is 1.12 bits per heavy atom. The van der Waals surface area contributed by atoms with E-state index >= 15 is 0 Å². The van der Waals surface area contributed by atoms with E-state index in [0.717, 1.165) is 37.2 Å². The van der Waals surface area contributed by atoms with Gasteiger partial charge in [0.05, 0.1) is 26.3 Å². The summed E-state index contributed by atoms with van der Waals surface area (Å²) in [5.41, 5.74) is 1.46. The molecule has 0 spiro atoms. The molecule has 1 aromatic rings. The Hall–Kier alpha value is -1.89. The molecule has 140 valence electrons. The average molecular weight is 350 g/mol. The summed E-state index contributed by atoms with van der Waals surface area (Å²) < 4.78 is 10.5. The van der Waals surface area contributed by atoms with E-state index in [9.17, 15) is 4.79 Å². The summed E-state index contributed by atoms with van der Waals surface area (Å²) in [6.45, 7) is 3.46. The third-order valence-electron chi connectivity index (χ3n) is 4.73. The third kappa shape index (κ3) is 5.04. The number of hydrogen-bond acceptors (Lipinski definition) is 6. The van der Waals surface area contributed by atoms with Crippen LogP contribution in [0.25, 0.3) is 0 Å². The predicted octanol–water partition coefficient (Wildman–Crippen LogP) is 1.68. The van der Waals surface area contributed by atoms with Crippen molar-refractivity contribution in [3.05, 3.63) is 11.3 Å². The van der Waals surface area contributed by atoms with E-state index in [1.165, 1.54) is 20.0 Å². The molecule has 7 nitrogen and oxygen atoms in total. The molecule has 25 heavy (non-hydrogen) atoms. The molecule has 0 saturated heterocycles. The fraction of sp³-hybridized carbons (Fsp3) is 0.722. The van der Waals surface area contributed by atoms with Crippen molar-refractivity contribution < 1.29 is 14.3 Å². The molecule has 2 rings (SSSR count). The predicted molar refractivity (Wildman–Crippen MR) is 96.1 cm³/mol. The molecule has 1 fully saturated rings. The van der Waals surface area contributed by atoms with Gasteiger partial charge in [0.1, 0.15) is 0 Å². The highest BCUT2D eigenvalue weighted by molar-refractivity contribution is 5.80. The lowest BCUT2D eigenvalue weighted by atomic mass is 10.1. The molecule has 1 amide bonds. The van der Waals surface area contributed by atoms with Gasteiger partial charge in [-0.3, -0.25) is 4.79 Å². The van der Waals surface area contributed by atoms with Crippen molar-refractivity contribution in [2.24, 2.45) is 0 Å². The molecule has 0 aromatic carbocycles. The zero-order valence-electron chi connectivity index (χ0n) is 16.0. The topological polar surface area (TPSA) is 67.8 Å². The Morgan fingerprint density at radius 2 is 1.80 bits per heavy atom. The Balaban J connectivity index is 2.19. The van der Waals surface area contributed by atoms with Crippen LogP contribution < -0.4 is 9.47 Å². The number of aromatic nitrogens is 2. The summed E-state index contributed by atoms with van der Waals surface area (Å²) in [6.07, 6.45) is 4.83. The van der Waals surface area contributed by atoms with Gasteiger partial charge in [0.2, 0.25) is 11.8 Å². The number of carbonyl (C=O) groups is 1. The highest BCUT2D eigenvalue weighted by Crippen LogP contribution is 2.26. The third-order valence-corrected chi connectivity index (χ3v) is 4.73. The van der Waals surface area contributed by atoms with Crippen LogP contribution in [0.2, 0.25) is 0 Å². The highest BCUT2D eigenvalue weighted by atomic mass is 16.5.